The van der Waals surface area contributed by atoms with Crippen molar-refractivity contribution < 1.29 is 9.47 Å². The zero-order chi connectivity index (χ0) is 16.3. The molecule has 0 aliphatic rings. The standard InChI is InChI=1S/C17H19N3O2/c1-5-22-14-7-6-12(8-15(14)21-4)16-10(2)11(3)20-17(19)13(16)9-18/h6-8H,5H2,1-4H3,(H2,19,20). The zero-order valence-electron chi connectivity index (χ0n) is 13.2. The Morgan fingerprint density at radius 3 is 2.59 bits per heavy atom. The van der Waals surface area contributed by atoms with Gasteiger partial charge >= 0.3 is 0 Å². The number of nitrogen functional groups attached to an aromatic ring is 1. The van der Waals surface area contributed by atoms with Crippen molar-refractivity contribution >= 4 is 5.82 Å². The maximum Gasteiger partial charge on any atom is 0.161 e. The first kappa shape index (κ1) is 15.6. The Kier molecular flexibility index (Phi) is 4.52. The minimum atomic E-state index is 0.244. The second-order valence-electron chi connectivity index (χ2n) is 4.87. The molecule has 0 saturated heterocycles. The molecule has 0 aliphatic carbocycles. The van der Waals surface area contributed by atoms with Crippen molar-refractivity contribution in [2.45, 2.75) is 20.8 Å². The molecule has 1 aromatic carbocycles. The number of benzene rings is 1. The SMILES string of the molecule is CCOc1ccc(-c2c(C)c(C)nc(N)c2C#N)cc1OC. The average molecular weight is 297 g/mol. The molecule has 0 saturated carbocycles. The van der Waals surface area contributed by atoms with Gasteiger partial charge < -0.3 is 15.2 Å². The van der Waals surface area contributed by atoms with Crippen molar-refractivity contribution in [3.05, 3.63) is 35.0 Å². The van der Waals surface area contributed by atoms with E-state index in [0.29, 0.717) is 23.7 Å². The van der Waals surface area contributed by atoms with Crippen LogP contribution in [0.25, 0.3) is 11.1 Å². The Morgan fingerprint density at radius 2 is 2.00 bits per heavy atom. The molecule has 22 heavy (non-hydrogen) atoms. The molecule has 2 aromatic rings. The minimum Gasteiger partial charge on any atom is -0.493 e. The van der Waals surface area contributed by atoms with Gasteiger partial charge in [-0.1, -0.05) is 6.07 Å². The van der Waals surface area contributed by atoms with Crippen LogP contribution in [-0.2, 0) is 0 Å². The lowest BCUT2D eigenvalue weighted by Crippen LogP contribution is -2.03. The Balaban J connectivity index is 2.69. The summed E-state index contributed by atoms with van der Waals surface area (Å²) in [5.41, 5.74) is 9.65. The molecule has 0 aliphatic heterocycles. The van der Waals surface area contributed by atoms with Gasteiger partial charge in [0.25, 0.3) is 0 Å². The first-order valence-corrected chi connectivity index (χ1v) is 7.01. The Hall–Kier alpha value is -2.74. The molecule has 5 nitrogen and oxygen atoms in total. The van der Waals surface area contributed by atoms with Crippen LogP contribution in [0.1, 0.15) is 23.7 Å². The predicted molar refractivity (Wildman–Crippen MR) is 86.0 cm³/mol. The van der Waals surface area contributed by atoms with Crippen LogP contribution in [0, 0.1) is 25.2 Å². The first-order valence-electron chi connectivity index (χ1n) is 7.01. The second kappa shape index (κ2) is 6.35. The smallest absolute Gasteiger partial charge is 0.161 e. The van der Waals surface area contributed by atoms with E-state index in [1.54, 1.807) is 7.11 Å². The Labute approximate surface area is 130 Å². The number of nitrogens with zero attached hydrogens (tertiary/aromatic N) is 2. The van der Waals surface area contributed by atoms with Gasteiger partial charge in [0.05, 0.1) is 13.7 Å². The van der Waals surface area contributed by atoms with E-state index in [0.717, 1.165) is 22.4 Å². The summed E-state index contributed by atoms with van der Waals surface area (Å²) in [6, 6.07) is 7.74. The maximum atomic E-state index is 9.42. The van der Waals surface area contributed by atoms with E-state index >= 15 is 0 Å². The largest absolute Gasteiger partial charge is 0.493 e. The number of nitriles is 1. The summed E-state index contributed by atoms with van der Waals surface area (Å²) in [5, 5.41) is 9.42. The van der Waals surface area contributed by atoms with Crippen LogP contribution in [0.15, 0.2) is 18.2 Å². The highest BCUT2D eigenvalue weighted by atomic mass is 16.5. The van der Waals surface area contributed by atoms with Crippen LogP contribution >= 0.6 is 0 Å². The lowest BCUT2D eigenvalue weighted by atomic mass is 9.95. The number of methoxy groups -OCH3 is 1. The van der Waals surface area contributed by atoms with Crippen LogP contribution < -0.4 is 15.2 Å². The zero-order valence-corrected chi connectivity index (χ0v) is 13.2. The number of hydrogen-bond acceptors (Lipinski definition) is 5. The van der Waals surface area contributed by atoms with Gasteiger partial charge in [0.2, 0.25) is 0 Å². The van der Waals surface area contributed by atoms with E-state index < -0.39 is 0 Å². The molecule has 5 heteroatoms. The van der Waals surface area contributed by atoms with Crippen molar-refractivity contribution in [3.8, 4) is 28.7 Å². The molecule has 0 fully saturated rings. The minimum absolute atomic E-state index is 0.244. The third kappa shape index (κ3) is 2.68. The summed E-state index contributed by atoms with van der Waals surface area (Å²) in [5.74, 6) is 1.53. The highest BCUT2D eigenvalue weighted by molar-refractivity contribution is 5.80. The lowest BCUT2D eigenvalue weighted by molar-refractivity contribution is 0.311. The van der Waals surface area contributed by atoms with Gasteiger partial charge in [0, 0.05) is 11.3 Å². The fraction of sp³-hybridized carbons (Fsp3) is 0.294. The van der Waals surface area contributed by atoms with Gasteiger partial charge in [-0.05, 0) is 44.0 Å². The molecule has 0 radical (unpaired) electrons. The number of hydrogen-bond donors (Lipinski definition) is 1. The van der Waals surface area contributed by atoms with Crippen molar-refractivity contribution in [2.24, 2.45) is 0 Å². The Morgan fingerprint density at radius 1 is 1.27 bits per heavy atom. The molecular weight excluding hydrogens is 278 g/mol. The number of aryl methyl sites for hydroxylation is 1. The van der Waals surface area contributed by atoms with Crippen molar-refractivity contribution in [1.29, 1.82) is 5.26 Å². The number of nitrogens with two attached hydrogens (primary N) is 1. The van der Waals surface area contributed by atoms with E-state index in [-0.39, 0.29) is 5.82 Å². The molecule has 0 amide bonds. The average Bonchev–Trinajstić information content (AvgIpc) is 2.51. The van der Waals surface area contributed by atoms with Crippen LogP contribution in [0.2, 0.25) is 0 Å². The van der Waals surface area contributed by atoms with E-state index in [4.69, 9.17) is 15.2 Å². The third-order valence-corrected chi connectivity index (χ3v) is 3.58. The van der Waals surface area contributed by atoms with Crippen LogP contribution in [0.4, 0.5) is 5.82 Å². The van der Waals surface area contributed by atoms with E-state index in [9.17, 15) is 5.26 Å². The van der Waals surface area contributed by atoms with Crippen LogP contribution in [0.3, 0.4) is 0 Å². The maximum absolute atomic E-state index is 9.42. The van der Waals surface area contributed by atoms with Crippen molar-refractivity contribution in [1.82, 2.24) is 4.98 Å². The predicted octanol–water partition coefficient (Wildman–Crippen LogP) is 3.23. The summed E-state index contributed by atoms with van der Waals surface area (Å²) >= 11 is 0. The number of anilines is 1. The van der Waals surface area contributed by atoms with E-state index in [2.05, 4.69) is 11.1 Å². The molecular formula is C17H19N3O2. The normalized spacial score (nSPS) is 10.1. The molecule has 0 atom stereocenters. The molecule has 114 valence electrons. The molecule has 2 rings (SSSR count). The summed E-state index contributed by atoms with van der Waals surface area (Å²) < 4.78 is 10.9. The topological polar surface area (TPSA) is 81.2 Å². The molecule has 2 N–H and O–H groups in total. The molecule has 0 bridgehead atoms. The van der Waals surface area contributed by atoms with Gasteiger partial charge in [0.15, 0.2) is 11.5 Å². The lowest BCUT2D eigenvalue weighted by Gasteiger charge is -2.15. The Bertz CT molecular complexity index is 749. The van der Waals surface area contributed by atoms with Gasteiger partial charge in [0.1, 0.15) is 17.5 Å². The van der Waals surface area contributed by atoms with Gasteiger partial charge in [-0.15, -0.1) is 0 Å². The van der Waals surface area contributed by atoms with E-state index in [1.807, 2.05) is 39.0 Å². The summed E-state index contributed by atoms with van der Waals surface area (Å²) in [7, 11) is 1.59. The fourth-order valence-corrected chi connectivity index (χ4v) is 2.39. The number of ether oxygens (including phenoxy) is 2. The fourth-order valence-electron chi connectivity index (χ4n) is 2.39. The van der Waals surface area contributed by atoms with Gasteiger partial charge in [-0.2, -0.15) is 5.26 Å². The highest BCUT2D eigenvalue weighted by Gasteiger charge is 2.17. The number of rotatable bonds is 4. The van der Waals surface area contributed by atoms with Crippen LogP contribution in [0.5, 0.6) is 11.5 Å². The van der Waals surface area contributed by atoms with Crippen LogP contribution in [-0.4, -0.2) is 18.7 Å². The first-order chi connectivity index (χ1) is 10.5. The highest BCUT2D eigenvalue weighted by Crippen LogP contribution is 2.37. The van der Waals surface area contributed by atoms with E-state index in [1.165, 1.54) is 0 Å². The summed E-state index contributed by atoms with van der Waals surface area (Å²) in [4.78, 5) is 4.22. The second-order valence-corrected chi connectivity index (χ2v) is 4.87. The summed E-state index contributed by atoms with van der Waals surface area (Å²) in [6.07, 6.45) is 0. The molecule has 0 unspecified atom stereocenters. The van der Waals surface area contributed by atoms with Gasteiger partial charge in [-0.25, -0.2) is 4.98 Å². The molecule has 1 aromatic heterocycles. The third-order valence-electron chi connectivity index (χ3n) is 3.58. The number of aromatic nitrogens is 1. The quantitative estimate of drug-likeness (QED) is 0.937. The summed E-state index contributed by atoms with van der Waals surface area (Å²) in [6.45, 7) is 6.28. The van der Waals surface area contributed by atoms with Gasteiger partial charge in [-0.3, -0.25) is 0 Å². The molecule has 0 spiro atoms. The number of pyridine rings is 1. The monoisotopic (exact) mass is 297 g/mol. The molecule has 1 heterocycles. The van der Waals surface area contributed by atoms with Crippen molar-refractivity contribution in [2.75, 3.05) is 19.5 Å². The van der Waals surface area contributed by atoms with Crippen molar-refractivity contribution in [3.63, 3.8) is 0 Å².